The fraction of sp³-hybridized carbons (Fsp3) is 0.500. The van der Waals surface area contributed by atoms with E-state index in [2.05, 4.69) is 5.32 Å². The average Bonchev–Trinajstić information content (AvgIpc) is 2.71. The molecule has 1 aromatic rings. The summed E-state index contributed by atoms with van der Waals surface area (Å²) in [5.74, 6) is 0.290. The van der Waals surface area contributed by atoms with Crippen molar-refractivity contribution in [2.24, 2.45) is 5.92 Å². The second-order valence-electron chi connectivity index (χ2n) is 4.16. The lowest BCUT2D eigenvalue weighted by molar-refractivity contribution is 0.147. The molecule has 0 spiro atoms. The predicted molar refractivity (Wildman–Crippen MR) is 57.0 cm³/mol. The van der Waals surface area contributed by atoms with E-state index >= 15 is 0 Å². The highest BCUT2D eigenvalue weighted by atomic mass is 19.1. The lowest BCUT2D eigenvalue weighted by Crippen LogP contribution is -2.11. The van der Waals surface area contributed by atoms with Gasteiger partial charge in [-0.05, 0) is 49.5 Å². The van der Waals surface area contributed by atoms with Crippen LogP contribution in [0.4, 0.5) is 4.39 Å². The zero-order valence-corrected chi connectivity index (χ0v) is 8.62. The Kier molecular flexibility index (Phi) is 3.34. The summed E-state index contributed by atoms with van der Waals surface area (Å²) in [6.45, 7) is 2.03. The first kappa shape index (κ1) is 10.6. The highest BCUT2D eigenvalue weighted by Gasteiger charge is 2.19. The fourth-order valence-electron chi connectivity index (χ4n) is 2.05. The SMILES string of the molecule is OC(CC1CCNC1)c1ccc(F)cc1. The van der Waals surface area contributed by atoms with Crippen molar-refractivity contribution in [2.75, 3.05) is 13.1 Å². The Balaban J connectivity index is 1.94. The summed E-state index contributed by atoms with van der Waals surface area (Å²) in [6, 6.07) is 6.10. The van der Waals surface area contributed by atoms with Crippen LogP contribution in [0.2, 0.25) is 0 Å². The van der Waals surface area contributed by atoms with Gasteiger partial charge in [0.25, 0.3) is 0 Å². The number of rotatable bonds is 3. The molecule has 0 aromatic heterocycles. The van der Waals surface area contributed by atoms with Crippen LogP contribution in [0.1, 0.15) is 24.5 Å². The molecule has 1 heterocycles. The molecule has 0 amide bonds. The van der Waals surface area contributed by atoms with Crippen molar-refractivity contribution in [2.45, 2.75) is 18.9 Å². The molecule has 2 atom stereocenters. The van der Waals surface area contributed by atoms with Crippen LogP contribution in [0.15, 0.2) is 24.3 Å². The van der Waals surface area contributed by atoms with Crippen LogP contribution < -0.4 is 5.32 Å². The molecule has 2 N–H and O–H groups in total. The molecule has 0 radical (unpaired) electrons. The molecule has 0 bridgehead atoms. The van der Waals surface area contributed by atoms with Gasteiger partial charge in [0, 0.05) is 0 Å². The Bertz CT molecular complexity index is 306. The van der Waals surface area contributed by atoms with Gasteiger partial charge in [-0.15, -0.1) is 0 Å². The van der Waals surface area contributed by atoms with Crippen LogP contribution in [-0.4, -0.2) is 18.2 Å². The van der Waals surface area contributed by atoms with E-state index in [9.17, 15) is 9.50 Å². The minimum Gasteiger partial charge on any atom is -0.388 e. The van der Waals surface area contributed by atoms with Crippen molar-refractivity contribution in [1.82, 2.24) is 5.32 Å². The van der Waals surface area contributed by atoms with Gasteiger partial charge in [-0.1, -0.05) is 12.1 Å². The van der Waals surface area contributed by atoms with Gasteiger partial charge in [0.15, 0.2) is 0 Å². The van der Waals surface area contributed by atoms with Crippen molar-refractivity contribution in [3.63, 3.8) is 0 Å². The third-order valence-corrected chi connectivity index (χ3v) is 2.97. The topological polar surface area (TPSA) is 32.3 Å². The van der Waals surface area contributed by atoms with E-state index in [0.717, 1.165) is 31.5 Å². The van der Waals surface area contributed by atoms with Crippen molar-refractivity contribution in [1.29, 1.82) is 0 Å². The van der Waals surface area contributed by atoms with Gasteiger partial charge in [0.1, 0.15) is 5.82 Å². The van der Waals surface area contributed by atoms with E-state index in [1.54, 1.807) is 12.1 Å². The van der Waals surface area contributed by atoms with Crippen molar-refractivity contribution >= 4 is 0 Å². The minimum atomic E-state index is -0.463. The first-order chi connectivity index (χ1) is 7.25. The molecule has 2 nitrogen and oxygen atoms in total. The molecule has 1 aliphatic rings. The molecule has 2 unspecified atom stereocenters. The molecule has 1 fully saturated rings. The number of hydrogen-bond acceptors (Lipinski definition) is 2. The highest BCUT2D eigenvalue weighted by Crippen LogP contribution is 2.24. The zero-order valence-electron chi connectivity index (χ0n) is 8.62. The van der Waals surface area contributed by atoms with E-state index in [1.807, 2.05) is 0 Å². The molecule has 2 rings (SSSR count). The van der Waals surface area contributed by atoms with Crippen LogP contribution in [-0.2, 0) is 0 Å². The first-order valence-electron chi connectivity index (χ1n) is 5.40. The molecule has 1 aromatic carbocycles. The van der Waals surface area contributed by atoms with E-state index in [1.165, 1.54) is 12.1 Å². The van der Waals surface area contributed by atoms with Crippen LogP contribution in [0.3, 0.4) is 0 Å². The Labute approximate surface area is 89.1 Å². The predicted octanol–water partition coefficient (Wildman–Crippen LogP) is 1.86. The van der Waals surface area contributed by atoms with Gasteiger partial charge in [0.05, 0.1) is 6.10 Å². The van der Waals surface area contributed by atoms with Gasteiger partial charge >= 0.3 is 0 Å². The molecular formula is C12H16FNO. The Morgan fingerprint density at radius 2 is 2.13 bits per heavy atom. The second-order valence-corrected chi connectivity index (χ2v) is 4.16. The third kappa shape index (κ3) is 2.76. The molecule has 1 saturated heterocycles. The number of nitrogens with one attached hydrogen (secondary N) is 1. The molecule has 3 heteroatoms. The summed E-state index contributed by atoms with van der Waals surface area (Å²) < 4.78 is 12.7. The number of aliphatic hydroxyl groups excluding tert-OH is 1. The highest BCUT2D eigenvalue weighted by molar-refractivity contribution is 5.18. The van der Waals surface area contributed by atoms with Gasteiger partial charge in [-0.2, -0.15) is 0 Å². The third-order valence-electron chi connectivity index (χ3n) is 2.97. The molecule has 82 valence electrons. The smallest absolute Gasteiger partial charge is 0.123 e. The first-order valence-corrected chi connectivity index (χ1v) is 5.40. The largest absolute Gasteiger partial charge is 0.388 e. The Hall–Kier alpha value is -0.930. The van der Waals surface area contributed by atoms with E-state index in [0.29, 0.717) is 5.92 Å². The normalized spacial score (nSPS) is 22.9. The number of aliphatic hydroxyl groups is 1. The molecule has 0 saturated carbocycles. The van der Waals surface area contributed by atoms with Crippen LogP contribution in [0.25, 0.3) is 0 Å². The molecule has 15 heavy (non-hydrogen) atoms. The van der Waals surface area contributed by atoms with Gasteiger partial charge in [-0.25, -0.2) is 4.39 Å². The summed E-state index contributed by atoms with van der Waals surface area (Å²) in [5.41, 5.74) is 0.809. The van der Waals surface area contributed by atoms with Crippen LogP contribution in [0.5, 0.6) is 0 Å². The Morgan fingerprint density at radius 1 is 1.40 bits per heavy atom. The average molecular weight is 209 g/mol. The lowest BCUT2D eigenvalue weighted by Gasteiger charge is -2.15. The van der Waals surface area contributed by atoms with Gasteiger partial charge < -0.3 is 10.4 Å². The Morgan fingerprint density at radius 3 is 2.73 bits per heavy atom. The van der Waals surface area contributed by atoms with E-state index in [-0.39, 0.29) is 5.82 Å². The van der Waals surface area contributed by atoms with Crippen LogP contribution >= 0.6 is 0 Å². The van der Waals surface area contributed by atoms with Crippen molar-refractivity contribution in [3.8, 4) is 0 Å². The van der Waals surface area contributed by atoms with E-state index in [4.69, 9.17) is 0 Å². The minimum absolute atomic E-state index is 0.256. The second kappa shape index (κ2) is 4.73. The summed E-state index contributed by atoms with van der Waals surface area (Å²) in [4.78, 5) is 0. The summed E-state index contributed by atoms with van der Waals surface area (Å²) in [6.07, 6.45) is 1.42. The molecule has 1 aliphatic heterocycles. The maximum Gasteiger partial charge on any atom is 0.123 e. The lowest BCUT2D eigenvalue weighted by atomic mass is 9.96. The standard InChI is InChI=1S/C12H16FNO/c13-11-3-1-10(2-4-11)12(15)7-9-5-6-14-8-9/h1-4,9,12,14-15H,5-8H2. The fourth-order valence-corrected chi connectivity index (χ4v) is 2.05. The summed E-state index contributed by atoms with van der Waals surface area (Å²) in [7, 11) is 0. The van der Waals surface area contributed by atoms with Gasteiger partial charge in [0.2, 0.25) is 0 Å². The van der Waals surface area contributed by atoms with Crippen molar-refractivity contribution in [3.05, 3.63) is 35.6 Å². The maximum absolute atomic E-state index is 12.7. The maximum atomic E-state index is 12.7. The summed E-state index contributed by atoms with van der Waals surface area (Å²) in [5, 5.41) is 13.2. The van der Waals surface area contributed by atoms with Crippen LogP contribution in [0, 0.1) is 11.7 Å². The number of benzene rings is 1. The number of hydrogen-bond donors (Lipinski definition) is 2. The van der Waals surface area contributed by atoms with E-state index < -0.39 is 6.10 Å². The quantitative estimate of drug-likeness (QED) is 0.796. The molecular weight excluding hydrogens is 193 g/mol. The monoisotopic (exact) mass is 209 g/mol. The van der Waals surface area contributed by atoms with Crippen molar-refractivity contribution < 1.29 is 9.50 Å². The molecule has 0 aliphatic carbocycles. The zero-order chi connectivity index (χ0) is 10.7. The summed E-state index contributed by atoms with van der Waals surface area (Å²) >= 11 is 0. The van der Waals surface area contributed by atoms with Gasteiger partial charge in [-0.3, -0.25) is 0 Å². The number of halogens is 1.